The van der Waals surface area contributed by atoms with Crippen molar-refractivity contribution in [3.05, 3.63) is 23.4 Å². The molecule has 0 saturated heterocycles. The van der Waals surface area contributed by atoms with Gasteiger partial charge in [0.05, 0.1) is 0 Å². The molecule has 0 atom stereocenters. The summed E-state index contributed by atoms with van der Waals surface area (Å²) in [7, 11) is 1.86. The number of hydrogen-bond donors (Lipinski definition) is 1. The minimum Gasteiger partial charge on any atom is -0.381 e. The second-order valence-electron chi connectivity index (χ2n) is 2.92. The molecule has 0 aliphatic rings. The molecule has 6 nitrogen and oxygen atoms in total. The van der Waals surface area contributed by atoms with E-state index in [-0.39, 0.29) is 0 Å². The fraction of sp³-hybridized carbons (Fsp3) is 0.286. The van der Waals surface area contributed by atoms with Gasteiger partial charge in [-0.15, -0.1) is 10.2 Å². The minimum absolute atomic E-state index is 0.328. The maximum Gasteiger partial charge on any atom is 0.164 e. The Morgan fingerprint density at radius 2 is 2.36 bits per heavy atom. The SMILES string of the molecule is Cn1cnnc1Cn1cc(Cl)c(N)n1. The summed E-state index contributed by atoms with van der Waals surface area (Å²) in [5, 5.41) is 12.1. The maximum atomic E-state index is 5.76. The van der Waals surface area contributed by atoms with Crippen molar-refractivity contribution >= 4 is 17.4 Å². The molecule has 0 aliphatic heterocycles. The molecule has 0 bridgehead atoms. The number of aromatic nitrogens is 5. The second kappa shape index (κ2) is 3.30. The second-order valence-corrected chi connectivity index (χ2v) is 3.33. The van der Waals surface area contributed by atoms with Gasteiger partial charge in [0.15, 0.2) is 11.6 Å². The first kappa shape index (κ1) is 9.01. The molecule has 0 unspecified atom stereocenters. The smallest absolute Gasteiger partial charge is 0.164 e. The van der Waals surface area contributed by atoms with Crippen LogP contribution in [0, 0.1) is 0 Å². The van der Waals surface area contributed by atoms with Gasteiger partial charge in [-0.3, -0.25) is 4.68 Å². The maximum absolute atomic E-state index is 5.76. The van der Waals surface area contributed by atoms with Gasteiger partial charge in [-0.1, -0.05) is 11.6 Å². The van der Waals surface area contributed by atoms with E-state index in [2.05, 4.69) is 15.3 Å². The number of rotatable bonds is 2. The van der Waals surface area contributed by atoms with Crippen LogP contribution in [-0.2, 0) is 13.6 Å². The lowest BCUT2D eigenvalue weighted by molar-refractivity contribution is 0.632. The number of anilines is 1. The van der Waals surface area contributed by atoms with Crippen molar-refractivity contribution in [1.29, 1.82) is 0 Å². The Bertz CT molecular complexity index is 425. The Balaban J connectivity index is 2.23. The Kier molecular flexibility index (Phi) is 2.12. The first-order valence-electron chi connectivity index (χ1n) is 3.98. The molecule has 0 amide bonds. The zero-order valence-electron chi connectivity index (χ0n) is 7.55. The Hall–Kier alpha value is -1.56. The molecule has 0 aromatic carbocycles. The standard InChI is InChI=1S/C7H9ClN6/c1-13-4-10-11-6(13)3-14-2-5(8)7(9)12-14/h2,4H,3H2,1H3,(H2,9,12). The van der Waals surface area contributed by atoms with Crippen LogP contribution in [0.15, 0.2) is 12.5 Å². The topological polar surface area (TPSA) is 74.5 Å². The lowest BCUT2D eigenvalue weighted by Crippen LogP contribution is -2.06. The number of halogens is 1. The summed E-state index contributed by atoms with van der Waals surface area (Å²) < 4.78 is 3.44. The average Bonchev–Trinajstić information content (AvgIpc) is 2.63. The molecule has 2 heterocycles. The van der Waals surface area contributed by atoms with Crippen molar-refractivity contribution in [2.24, 2.45) is 7.05 Å². The molecule has 0 aliphatic carbocycles. The summed E-state index contributed by atoms with van der Waals surface area (Å²) in [6.07, 6.45) is 3.29. The predicted molar refractivity (Wildman–Crippen MR) is 51.8 cm³/mol. The molecule has 0 radical (unpaired) electrons. The third-order valence-corrected chi connectivity index (χ3v) is 2.14. The number of nitrogen functional groups attached to an aromatic ring is 1. The highest BCUT2D eigenvalue weighted by atomic mass is 35.5. The number of nitrogens with zero attached hydrogens (tertiary/aromatic N) is 5. The molecular formula is C7H9ClN6. The van der Waals surface area contributed by atoms with E-state index in [4.69, 9.17) is 17.3 Å². The van der Waals surface area contributed by atoms with Crippen LogP contribution in [0.4, 0.5) is 5.82 Å². The van der Waals surface area contributed by atoms with Crippen LogP contribution in [-0.4, -0.2) is 24.5 Å². The molecule has 7 heteroatoms. The van der Waals surface area contributed by atoms with Crippen LogP contribution < -0.4 is 5.73 Å². The van der Waals surface area contributed by atoms with E-state index in [1.165, 1.54) is 0 Å². The van der Waals surface area contributed by atoms with Crippen LogP contribution in [0.3, 0.4) is 0 Å². The van der Waals surface area contributed by atoms with E-state index >= 15 is 0 Å². The minimum atomic E-state index is 0.328. The fourth-order valence-corrected chi connectivity index (χ4v) is 1.24. The summed E-state index contributed by atoms with van der Waals surface area (Å²) in [5.74, 6) is 1.12. The van der Waals surface area contributed by atoms with Crippen LogP contribution in [0.5, 0.6) is 0 Å². The molecule has 74 valence electrons. The third kappa shape index (κ3) is 1.56. The van der Waals surface area contributed by atoms with E-state index in [0.717, 1.165) is 5.82 Å². The highest BCUT2D eigenvalue weighted by Gasteiger charge is 2.06. The largest absolute Gasteiger partial charge is 0.381 e. The normalized spacial score (nSPS) is 10.7. The van der Waals surface area contributed by atoms with Gasteiger partial charge in [-0.2, -0.15) is 5.10 Å². The fourth-order valence-electron chi connectivity index (χ4n) is 1.09. The summed E-state index contributed by atoms with van der Waals surface area (Å²) in [4.78, 5) is 0. The molecular weight excluding hydrogens is 204 g/mol. The van der Waals surface area contributed by atoms with E-state index in [9.17, 15) is 0 Å². The van der Waals surface area contributed by atoms with Crippen LogP contribution in [0.2, 0.25) is 5.02 Å². The molecule has 0 fully saturated rings. The number of aryl methyl sites for hydroxylation is 1. The van der Waals surface area contributed by atoms with Crippen molar-refractivity contribution in [3.8, 4) is 0 Å². The molecule has 2 N–H and O–H groups in total. The van der Waals surface area contributed by atoms with Crippen molar-refractivity contribution < 1.29 is 0 Å². The highest BCUT2D eigenvalue weighted by molar-refractivity contribution is 6.32. The first-order valence-corrected chi connectivity index (χ1v) is 4.36. The summed E-state index contributed by atoms with van der Waals surface area (Å²) in [6.45, 7) is 0.507. The molecule has 0 spiro atoms. The Morgan fingerprint density at radius 3 is 2.86 bits per heavy atom. The molecule has 2 aromatic heterocycles. The van der Waals surface area contributed by atoms with Gasteiger partial charge in [0.2, 0.25) is 0 Å². The van der Waals surface area contributed by atoms with Crippen LogP contribution in [0.25, 0.3) is 0 Å². The Labute approximate surface area is 85.3 Å². The van der Waals surface area contributed by atoms with Gasteiger partial charge in [0.1, 0.15) is 17.9 Å². The number of hydrogen-bond acceptors (Lipinski definition) is 4. The van der Waals surface area contributed by atoms with Crippen molar-refractivity contribution in [2.45, 2.75) is 6.54 Å². The van der Waals surface area contributed by atoms with Gasteiger partial charge in [0, 0.05) is 13.2 Å². The van der Waals surface area contributed by atoms with Crippen molar-refractivity contribution in [3.63, 3.8) is 0 Å². The number of nitrogens with two attached hydrogens (primary N) is 1. The molecule has 14 heavy (non-hydrogen) atoms. The van der Waals surface area contributed by atoms with Gasteiger partial charge in [-0.25, -0.2) is 0 Å². The zero-order valence-corrected chi connectivity index (χ0v) is 8.31. The van der Waals surface area contributed by atoms with Crippen molar-refractivity contribution in [2.75, 3.05) is 5.73 Å². The summed E-state index contributed by atoms with van der Waals surface area (Å²) >= 11 is 5.76. The van der Waals surface area contributed by atoms with Crippen LogP contribution >= 0.6 is 11.6 Å². The van der Waals surface area contributed by atoms with Gasteiger partial charge >= 0.3 is 0 Å². The van der Waals surface area contributed by atoms with E-state index in [1.54, 1.807) is 17.2 Å². The van der Waals surface area contributed by atoms with Gasteiger partial charge in [0.25, 0.3) is 0 Å². The first-order chi connectivity index (χ1) is 6.66. The van der Waals surface area contributed by atoms with E-state index in [1.807, 2.05) is 11.6 Å². The summed E-state index contributed by atoms with van der Waals surface area (Å²) in [5.41, 5.74) is 5.50. The Morgan fingerprint density at radius 1 is 1.57 bits per heavy atom. The average molecular weight is 213 g/mol. The quantitative estimate of drug-likeness (QED) is 0.777. The summed E-state index contributed by atoms with van der Waals surface area (Å²) in [6, 6.07) is 0. The zero-order chi connectivity index (χ0) is 10.1. The molecule has 0 saturated carbocycles. The van der Waals surface area contributed by atoms with Crippen LogP contribution in [0.1, 0.15) is 5.82 Å². The molecule has 2 aromatic rings. The molecule has 2 rings (SSSR count). The lowest BCUT2D eigenvalue weighted by atomic mass is 10.6. The third-order valence-electron chi connectivity index (χ3n) is 1.85. The highest BCUT2D eigenvalue weighted by Crippen LogP contribution is 2.15. The van der Waals surface area contributed by atoms with E-state index in [0.29, 0.717) is 17.4 Å². The van der Waals surface area contributed by atoms with Gasteiger partial charge in [-0.05, 0) is 0 Å². The lowest BCUT2D eigenvalue weighted by Gasteiger charge is -1.99. The van der Waals surface area contributed by atoms with E-state index < -0.39 is 0 Å². The van der Waals surface area contributed by atoms with Gasteiger partial charge < -0.3 is 10.3 Å². The predicted octanol–water partition coefficient (Wildman–Crippen LogP) is 0.295. The van der Waals surface area contributed by atoms with Crippen molar-refractivity contribution in [1.82, 2.24) is 24.5 Å². The monoisotopic (exact) mass is 212 g/mol.